The fraction of sp³-hybridized carbons (Fsp3) is 0.667. The van der Waals surface area contributed by atoms with Crippen LogP contribution in [0.3, 0.4) is 0 Å². The first-order valence-corrected chi connectivity index (χ1v) is 6.34. The van der Waals surface area contributed by atoms with Gasteiger partial charge in [-0.15, -0.1) is 11.3 Å². The van der Waals surface area contributed by atoms with E-state index in [4.69, 9.17) is 4.74 Å². The summed E-state index contributed by atoms with van der Waals surface area (Å²) in [6, 6.07) is 0. The Bertz CT molecular complexity index is 255. The Hall–Kier alpha value is -0.130. The summed E-state index contributed by atoms with van der Waals surface area (Å²) < 4.78 is 5.88. The maximum absolute atomic E-state index is 4.97. The number of rotatable bonds is 7. The van der Waals surface area contributed by atoms with Gasteiger partial charge in [-0.2, -0.15) is 0 Å². The minimum Gasteiger partial charge on any atom is -0.385 e. The van der Waals surface area contributed by atoms with E-state index in [-0.39, 0.29) is 0 Å². The monoisotopic (exact) mass is 278 g/mol. The van der Waals surface area contributed by atoms with E-state index in [1.165, 1.54) is 12.8 Å². The second-order valence-corrected chi connectivity index (χ2v) is 4.63. The zero-order chi connectivity index (χ0) is 10.2. The van der Waals surface area contributed by atoms with Crippen molar-refractivity contribution < 1.29 is 4.74 Å². The van der Waals surface area contributed by atoms with Crippen molar-refractivity contribution in [3.05, 3.63) is 9.98 Å². The Labute approximate surface area is 97.0 Å². The van der Waals surface area contributed by atoms with E-state index in [0.29, 0.717) is 0 Å². The minimum absolute atomic E-state index is 0.864. The smallest absolute Gasteiger partial charge is 0.183 e. The first kappa shape index (κ1) is 11.9. The van der Waals surface area contributed by atoms with Crippen LogP contribution < -0.4 is 5.32 Å². The number of aromatic nitrogens is 1. The standard InChI is InChI=1S/C9H15BrN2OS/c1-13-6-4-2-3-5-11-9-12-8(10)7-14-9/h7H,2-6H2,1H3,(H,11,12). The molecule has 80 valence electrons. The van der Waals surface area contributed by atoms with Gasteiger partial charge < -0.3 is 10.1 Å². The molecule has 0 saturated heterocycles. The molecule has 1 heterocycles. The summed E-state index contributed by atoms with van der Waals surface area (Å²) in [5.74, 6) is 0. The second kappa shape index (κ2) is 7.20. The molecule has 0 radical (unpaired) electrons. The normalized spacial score (nSPS) is 10.4. The van der Waals surface area contributed by atoms with Gasteiger partial charge in [0.2, 0.25) is 0 Å². The van der Waals surface area contributed by atoms with Crippen LogP contribution in [0.5, 0.6) is 0 Å². The van der Waals surface area contributed by atoms with Crippen molar-refractivity contribution >= 4 is 32.4 Å². The molecule has 0 aliphatic heterocycles. The van der Waals surface area contributed by atoms with Gasteiger partial charge in [0, 0.05) is 25.6 Å². The zero-order valence-electron chi connectivity index (χ0n) is 8.25. The summed E-state index contributed by atoms with van der Waals surface area (Å²) >= 11 is 4.94. The van der Waals surface area contributed by atoms with Gasteiger partial charge in [-0.3, -0.25) is 0 Å². The number of unbranched alkanes of at least 4 members (excludes halogenated alkanes) is 2. The third-order valence-corrected chi connectivity index (χ3v) is 3.29. The lowest BCUT2D eigenvalue weighted by Gasteiger charge is -2.01. The predicted octanol–water partition coefficient (Wildman–Crippen LogP) is 3.13. The Balaban J connectivity index is 1.99. The van der Waals surface area contributed by atoms with Gasteiger partial charge in [0.15, 0.2) is 5.13 Å². The molecule has 0 saturated carbocycles. The topological polar surface area (TPSA) is 34.1 Å². The van der Waals surface area contributed by atoms with E-state index in [2.05, 4.69) is 26.2 Å². The van der Waals surface area contributed by atoms with Crippen LogP contribution >= 0.6 is 27.3 Å². The Morgan fingerprint density at radius 3 is 3.00 bits per heavy atom. The van der Waals surface area contributed by atoms with Crippen LogP contribution in [0, 0.1) is 0 Å². The van der Waals surface area contributed by atoms with Crippen LogP contribution in [0.25, 0.3) is 0 Å². The van der Waals surface area contributed by atoms with Crippen molar-refractivity contribution in [3.63, 3.8) is 0 Å². The highest BCUT2D eigenvalue weighted by Crippen LogP contribution is 2.19. The van der Waals surface area contributed by atoms with Gasteiger partial charge in [-0.1, -0.05) is 0 Å². The fourth-order valence-corrected chi connectivity index (χ4v) is 2.25. The maximum atomic E-state index is 4.97. The summed E-state index contributed by atoms with van der Waals surface area (Å²) in [6.45, 7) is 1.85. The molecule has 1 aromatic heterocycles. The SMILES string of the molecule is COCCCCCNc1nc(Br)cs1. The van der Waals surface area contributed by atoms with Crippen LogP contribution in [0.4, 0.5) is 5.13 Å². The summed E-state index contributed by atoms with van der Waals surface area (Å²) in [7, 11) is 1.74. The van der Waals surface area contributed by atoms with Crippen LogP contribution in [0.15, 0.2) is 9.98 Å². The molecule has 1 N–H and O–H groups in total. The molecule has 0 bridgehead atoms. The molecule has 3 nitrogen and oxygen atoms in total. The number of ether oxygens (including phenoxy) is 1. The highest BCUT2D eigenvalue weighted by Gasteiger charge is 1.97. The second-order valence-electron chi connectivity index (χ2n) is 2.96. The average molecular weight is 279 g/mol. The molecule has 0 unspecified atom stereocenters. The van der Waals surface area contributed by atoms with Gasteiger partial charge in [-0.05, 0) is 35.2 Å². The lowest BCUT2D eigenvalue weighted by molar-refractivity contribution is 0.192. The molecule has 0 aliphatic rings. The number of thiazole rings is 1. The van der Waals surface area contributed by atoms with Crippen LogP contribution in [-0.2, 0) is 4.74 Å². The highest BCUT2D eigenvalue weighted by atomic mass is 79.9. The summed E-state index contributed by atoms with van der Waals surface area (Å²) in [5, 5.41) is 6.25. The number of halogens is 1. The number of hydrogen-bond acceptors (Lipinski definition) is 4. The third kappa shape index (κ3) is 4.93. The summed E-state index contributed by atoms with van der Waals surface area (Å²) in [5.41, 5.74) is 0. The van der Waals surface area contributed by atoms with Crippen molar-refractivity contribution in [2.75, 3.05) is 25.6 Å². The molecule has 0 spiro atoms. The number of nitrogens with one attached hydrogen (secondary N) is 1. The van der Waals surface area contributed by atoms with Gasteiger partial charge in [0.1, 0.15) is 4.60 Å². The largest absolute Gasteiger partial charge is 0.385 e. The van der Waals surface area contributed by atoms with Crippen LogP contribution in [0.2, 0.25) is 0 Å². The van der Waals surface area contributed by atoms with Gasteiger partial charge in [-0.25, -0.2) is 4.98 Å². The lowest BCUT2D eigenvalue weighted by atomic mass is 10.2. The van der Waals surface area contributed by atoms with Crippen molar-refractivity contribution in [3.8, 4) is 0 Å². The molecule has 1 rings (SSSR count). The van der Waals surface area contributed by atoms with Crippen molar-refractivity contribution in [1.82, 2.24) is 4.98 Å². The van der Waals surface area contributed by atoms with Crippen molar-refractivity contribution in [2.24, 2.45) is 0 Å². The van der Waals surface area contributed by atoms with E-state index in [0.717, 1.165) is 29.3 Å². The molecule has 0 aromatic carbocycles. The van der Waals surface area contributed by atoms with E-state index >= 15 is 0 Å². The van der Waals surface area contributed by atoms with Crippen LogP contribution in [-0.4, -0.2) is 25.2 Å². The number of hydrogen-bond donors (Lipinski definition) is 1. The highest BCUT2D eigenvalue weighted by molar-refractivity contribution is 9.10. The van der Waals surface area contributed by atoms with E-state index in [1.807, 2.05) is 5.38 Å². The first-order chi connectivity index (χ1) is 6.83. The summed E-state index contributed by atoms with van der Waals surface area (Å²) in [6.07, 6.45) is 3.51. The Morgan fingerprint density at radius 2 is 2.36 bits per heavy atom. The van der Waals surface area contributed by atoms with Gasteiger partial charge in [0.25, 0.3) is 0 Å². The molecule has 5 heteroatoms. The Kier molecular flexibility index (Phi) is 6.14. The number of nitrogens with zero attached hydrogens (tertiary/aromatic N) is 1. The minimum atomic E-state index is 0.864. The molecule has 14 heavy (non-hydrogen) atoms. The van der Waals surface area contributed by atoms with E-state index < -0.39 is 0 Å². The fourth-order valence-electron chi connectivity index (χ4n) is 1.08. The molecular formula is C9H15BrN2OS. The van der Waals surface area contributed by atoms with Crippen LogP contribution in [0.1, 0.15) is 19.3 Å². The van der Waals surface area contributed by atoms with E-state index in [9.17, 15) is 0 Å². The summed E-state index contributed by atoms with van der Waals surface area (Å²) in [4.78, 5) is 4.24. The molecule has 1 aromatic rings. The lowest BCUT2D eigenvalue weighted by Crippen LogP contribution is -2.01. The molecule has 0 atom stereocenters. The number of anilines is 1. The third-order valence-electron chi connectivity index (χ3n) is 1.78. The maximum Gasteiger partial charge on any atom is 0.183 e. The van der Waals surface area contributed by atoms with Gasteiger partial charge in [0.05, 0.1) is 0 Å². The molecule has 0 aliphatic carbocycles. The predicted molar refractivity (Wildman–Crippen MR) is 64.0 cm³/mol. The van der Waals surface area contributed by atoms with Crippen molar-refractivity contribution in [2.45, 2.75) is 19.3 Å². The molecule has 0 fully saturated rings. The van der Waals surface area contributed by atoms with E-state index in [1.54, 1.807) is 18.4 Å². The van der Waals surface area contributed by atoms with Crippen molar-refractivity contribution in [1.29, 1.82) is 0 Å². The van der Waals surface area contributed by atoms with Gasteiger partial charge >= 0.3 is 0 Å². The zero-order valence-corrected chi connectivity index (χ0v) is 10.7. The quantitative estimate of drug-likeness (QED) is 0.779. The Morgan fingerprint density at radius 1 is 1.50 bits per heavy atom. The average Bonchev–Trinajstić information content (AvgIpc) is 2.58. The molecule has 0 amide bonds. The number of methoxy groups -OCH3 is 1. The first-order valence-electron chi connectivity index (χ1n) is 4.67. The molecular weight excluding hydrogens is 264 g/mol.